The molecule has 0 bridgehead atoms. The second kappa shape index (κ2) is 16.4. The molecule has 0 aliphatic carbocycles. The van der Waals surface area contributed by atoms with Crippen molar-refractivity contribution in [2.75, 3.05) is 13.2 Å². The largest absolute Gasteiger partial charge is 0.573 e. The van der Waals surface area contributed by atoms with E-state index in [1.54, 1.807) is 26.8 Å². The minimum absolute atomic E-state index is 0. The van der Waals surface area contributed by atoms with Gasteiger partial charge in [-0.3, -0.25) is 0 Å². The Kier molecular flexibility index (Phi) is 15.2. The smallest absolute Gasteiger partial charge is 0.444 e. The van der Waals surface area contributed by atoms with Crippen molar-refractivity contribution in [3.05, 3.63) is 59.7 Å². The van der Waals surface area contributed by atoms with Gasteiger partial charge >= 0.3 is 18.8 Å². The van der Waals surface area contributed by atoms with E-state index in [1.165, 1.54) is 30.3 Å². The maximum Gasteiger partial charge on any atom is 0.573 e. The molecule has 0 saturated carbocycles. The molecule has 2 aromatic rings. The quantitative estimate of drug-likeness (QED) is 0.261. The summed E-state index contributed by atoms with van der Waals surface area (Å²) in [5.74, 6) is -0.706. The fourth-order valence-electron chi connectivity index (χ4n) is 3.08. The number of rotatable bonds is 9. The zero-order valence-electron chi connectivity index (χ0n) is 21.9. The minimum atomic E-state index is -4.80. The topological polar surface area (TPSA) is 123 Å². The molecule has 0 aliphatic heterocycles. The molecular weight excluding hydrogens is 574 g/mol. The van der Waals surface area contributed by atoms with Gasteiger partial charge in [0.15, 0.2) is 0 Å². The Morgan fingerprint density at radius 2 is 1.30 bits per heavy atom. The van der Waals surface area contributed by atoms with Crippen molar-refractivity contribution in [3.63, 3.8) is 0 Å². The number of alkyl carbamates (subject to hydrolysis) is 1. The van der Waals surface area contributed by atoms with E-state index in [-0.39, 0.29) is 44.2 Å². The molecule has 0 aromatic heterocycles. The predicted octanol–water partition coefficient (Wildman–Crippen LogP) is 5.92. The molecule has 2 atom stereocenters. The van der Waals surface area contributed by atoms with Crippen LogP contribution in [0.2, 0.25) is 0 Å². The Labute approximate surface area is 233 Å². The number of ether oxygens (including phenoxy) is 3. The van der Waals surface area contributed by atoms with Crippen LogP contribution in [0.1, 0.15) is 56.8 Å². The van der Waals surface area contributed by atoms with Crippen LogP contribution in [0, 0.1) is 0 Å². The second-order valence-corrected chi connectivity index (χ2v) is 9.07. The Hall–Kier alpha value is -2.94. The Morgan fingerprint density at radius 3 is 1.73 bits per heavy atom. The molecule has 0 radical (unpaired) electrons. The summed E-state index contributed by atoms with van der Waals surface area (Å²) in [6.07, 6.45) is -9.83. The number of alkyl halides is 6. The van der Waals surface area contributed by atoms with Crippen LogP contribution in [0.25, 0.3) is 0 Å². The molecule has 0 spiro atoms. The van der Waals surface area contributed by atoms with Crippen molar-refractivity contribution in [2.24, 2.45) is 5.73 Å². The molecule has 2 rings (SSSR count). The van der Waals surface area contributed by atoms with Gasteiger partial charge in [-0.25, -0.2) is 4.79 Å². The third-order valence-corrected chi connectivity index (χ3v) is 4.56. The Morgan fingerprint density at radius 1 is 0.850 bits per heavy atom. The summed E-state index contributed by atoms with van der Waals surface area (Å²) in [6.45, 7) is 4.68. The molecule has 15 heteroatoms. The fraction of sp³-hybridized carbons (Fsp3) is 0.480. The van der Waals surface area contributed by atoms with E-state index in [0.29, 0.717) is 11.1 Å². The highest BCUT2D eigenvalue weighted by Gasteiger charge is 2.32. The average molecular weight is 607 g/mol. The Balaban J connectivity index is 0.000000788. The number of carbonyl (C=O) groups excluding carboxylic acids is 1. The van der Waals surface area contributed by atoms with Crippen LogP contribution in [0.3, 0.4) is 0 Å². The van der Waals surface area contributed by atoms with Gasteiger partial charge in [-0.15, -0.1) is 38.7 Å². The molecule has 8 nitrogen and oxygen atoms in total. The molecule has 228 valence electrons. The summed E-state index contributed by atoms with van der Waals surface area (Å²) in [5, 5.41) is 20.3. The average Bonchev–Trinajstić information content (AvgIpc) is 2.76. The zero-order valence-corrected chi connectivity index (χ0v) is 22.7. The maximum absolute atomic E-state index is 12.3. The van der Waals surface area contributed by atoms with E-state index >= 15 is 0 Å². The van der Waals surface area contributed by atoms with Crippen LogP contribution in [0.5, 0.6) is 11.5 Å². The van der Waals surface area contributed by atoms with Gasteiger partial charge in [-0.1, -0.05) is 24.3 Å². The normalized spacial score (nSPS) is 13.1. The number of carbonyl (C=O) groups is 1. The van der Waals surface area contributed by atoms with E-state index in [0.717, 1.165) is 12.1 Å². The number of nitrogens with one attached hydrogen (secondary N) is 1. The van der Waals surface area contributed by atoms with Crippen LogP contribution in [0.4, 0.5) is 31.1 Å². The number of benzene rings is 2. The molecule has 0 saturated heterocycles. The molecule has 2 aromatic carbocycles. The number of aliphatic hydroxyl groups is 2. The van der Waals surface area contributed by atoms with Gasteiger partial charge in [0.05, 0.1) is 6.04 Å². The van der Waals surface area contributed by atoms with E-state index in [4.69, 9.17) is 20.7 Å². The number of amides is 1. The standard InChI is InChI=1S/C15H20F3NO4.C10H12F3NO2.ClH/c1-14(2,3)23-13(21)19-12(7-8-20)10-5-4-6-11(9-10)22-15(16,17)18;11-10(12,13)16-8-3-1-2-7(6-8)9(14)4-5-15;/h4-6,9,12,20H,7-8H2,1-3H3,(H,19,21);1-3,6,9,15H,4-5,14H2;1H/t12-;9-;/m00./s1. The predicted molar refractivity (Wildman–Crippen MR) is 136 cm³/mol. The van der Waals surface area contributed by atoms with Crippen LogP contribution in [-0.4, -0.2) is 47.8 Å². The summed E-state index contributed by atoms with van der Waals surface area (Å²) in [5.41, 5.74) is 5.79. The third kappa shape index (κ3) is 16.2. The lowest BCUT2D eigenvalue weighted by Crippen LogP contribution is -2.35. The van der Waals surface area contributed by atoms with Crippen molar-refractivity contribution in [1.29, 1.82) is 0 Å². The number of hydrogen-bond donors (Lipinski definition) is 4. The second-order valence-electron chi connectivity index (χ2n) is 9.07. The lowest BCUT2D eigenvalue weighted by molar-refractivity contribution is -0.275. The first-order valence-corrected chi connectivity index (χ1v) is 11.6. The summed E-state index contributed by atoms with van der Waals surface area (Å²) in [4.78, 5) is 11.8. The molecule has 0 heterocycles. The van der Waals surface area contributed by atoms with E-state index in [1.807, 2.05) is 0 Å². The van der Waals surface area contributed by atoms with Crippen LogP contribution >= 0.6 is 12.4 Å². The first-order chi connectivity index (χ1) is 17.9. The van der Waals surface area contributed by atoms with E-state index in [9.17, 15) is 31.1 Å². The number of hydrogen-bond acceptors (Lipinski definition) is 7. The van der Waals surface area contributed by atoms with Gasteiger partial charge in [0.2, 0.25) is 0 Å². The zero-order chi connectivity index (χ0) is 29.9. The highest BCUT2D eigenvalue weighted by Crippen LogP contribution is 2.27. The van der Waals surface area contributed by atoms with Gasteiger partial charge in [0.1, 0.15) is 17.1 Å². The van der Waals surface area contributed by atoms with Crippen molar-refractivity contribution in [1.82, 2.24) is 5.32 Å². The highest BCUT2D eigenvalue weighted by molar-refractivity contribution is 5.85. The molecule has 5 N–H and O–H groups in total. The molecule has 0 aliphatic rings. The fourth-order valence-corrected chi connectivity index (χ4v) is 3.08. The van der Waals surface area contributed by atoms with Crippen molar-refractivity contribution in [2.45, 2.75) is 64.0 Å². The maximum atomic E-state index is 12.3. The summed E-state index contributed by atoms with van der Waals surface area (Å²) in [6, 6.07) is 9.44. The van der Waals surface area contributed by atoms with Crippen molar-refractivity contribution >= 4 is 18.5 Å². The molecule has 0 fully saturated rings. The summed E-state index contributed by atoms with van der Waals surface area (Å²) >= 11 is 0. The summed E-state index contributed by atoms with van der Waals surface area (Å²) in [7, 11) is 0. The first-order valence-electron chi connectivity index (χ1n) is 11.6. The monoisotopic (exact) mass is 606 g/mol. The first kappa shape index (κ1) is 37.1. The summed E-state index contributed by atoms with van der Waals surface area (Å²) < 4.78 is 85.3. The number of halogens is 7. The SMILES string of the molecule is CC(C)(C)OC(=O)N[C@@H](CCO)c1cccc(OC(F)(F)F)c1.Cl.N[C@@H](CCO)c1cccc(OC(F)(F)F)c1. The van der Waals surface area contributed by atoms with Gasteiger partial charge in [0.25, 0.3) is 0 Å². The minimum Gasteiger partial charge on any atom is -0.444 e. The number of aliphatic hydroxyl groups excluding tert-OH is 2. The Bertz CT molecular complexity index is 1030. The van der Waals surface area contributed by atoms with Gasteiger partial charge in [0, 0.05) is 19.3 Å². The molecule has 0 unspecified atom stereocenters. The lowest BCUT2D eigenvalue weighted by atomic mass is 10.0. The van der Waals surface area contributed by atoms with Gasteiger partial charge < -0.3 is 35.5 Å². The van der Waals surface area contributed by atoms with Gasteiger partial charge in [-0.2, -0.15) is 0 Å². The van der Waals surface area contributed by atoms with Crippen molar-refractivity contribution in [3.8, 4) is 11.5 Å². The van der Waals surface area contributed by atoms with Crippen molar-refractivity contribution < 1.29 is 55.6 Å². The van der Waals surface area contributed by atoms with Crippen LogP contribution in [-0.2, 0) is 4.74 Å². The highest BCUT2D eigenvalue weighted by atomic mass is 35.5. The van der Waals surface area contributed by atoms with Crippen LogP contribution in [0.15, 0.2) is 48.5 Å². The van der Waals surface area contributed by atoms with Gasteiger partial charge in [-0.05, 0) is 69.0 Å². The molecule has 40 heavy (non-hydrogen) atoms. The third-order valence-electron chi connectivity index (χ3n) is 4.56. The van der Waals surface area contributed by atoms with E-state index in [2.05, 4.69) is 14.8 Å². The van der Waals surface area contributed by atoms with Crippen LogP contribution < -0.4 is 20.5 Å². The molecular formula is C25H33ClF6N2O6. The lowest BCUT2D eigenvalue weighted by Gasteiger charge is -2.24. The number of nitrogens with two attached hydrogens (primary N) is 1. The van der Waals surface area contributed by atoms with E-state index < -0.39 is 42.3 Å². The molecule has 1 amide bonds.